The normalized spacial score (nSPS) is 11.4. The van der Waals surface area contributed by atoms with Gasteiger partial charge in [-0.15, -0.1) is 0 Å². The molecule has 0 aliphatic rings. The topological polar surface area (TPSA) is 27.7 Å². The lowest BCUT2D eigenvalue weighted by Gasteiger charge is -2.18. The average molecular weight is 232 g/mol. The summed E-state index contributed by atoms with van der Waals surface area (Å²) in [4.78, 5) is 0. The molecule has 0 aromatic heterocycles. The minimum absolute atomic E-state index is 0.187. The predicted octanol–water partition coefficient (Wildman–Crippen LogP) is 3.03. The highest BCUT2D eigenvalue weighted by atomic mass is 27.3. The Labute approximate surface area is 99.5 Å². The number of hydrogen-bond donors (Lipinski definition) is 0. The van der Waals surface area contributed by atoms with Crippen LogP contribution in [0.25, 0.3) is 0 Å². The fourth-order valence-electron chi connectivity index (χ4n) is 1.09. The standard InChI is InChI=1S/C5H11O.2C3H7O.Al/c1-2-3-4-5-6;2*1-3(2)4;/h2-5H2,1H3;2*3H,1-2H3;/q3*-1;+3. The lowest BCUT2D eigenvalue weighted by atomic mass is 10.3. The largest absolute Gasteiger partial charge is 0.905 e. The van der Waals surface area contributed by atoms with Crippen LogP contribution in [0.5, 0.6) is 0 Å². The Hall–Kier alpha value is 0.412. The highest BCUT2D eigenvalue weighted by Gasteiger charge is 2.33. The summed E-state index contributed by atoms with van der Waals surface area (Å²) in [5, 5.41) is 0. The lowest BCUT2D eigenvalue weighted by molar-refractivity contribution is 0.0495. The van der Waals surface area contributed by atoms with Gasteiger partial charge >= 0.3 is 15.1 Å². The van der Waals surface area contributed by atoms with Gasteiger partial charge in [0.15, 0.2) is 0 Å². The first-order valence-electron chi connectivity index (χ1n) is 5.98. The maximum atomic E-state index is 5.66. The zero-order valence-corrected chi connectivity index (χ0v) is 11.9. The van der Waals surface area contributed by atoms with Gasteiger partial charge in [0.1, 0.15) is 0 Å². The Morgan fingerprint density at radius 3 is 1.87 bits per heavy atom. The molecule has 0 aromatic carbocycles. The summed E-state index contributed by atoms with van der Waals surface area (Å²) in [5.41, 5.74) is 0. The van der Waals surface area contributed by atoms with Crippen LogP contribution in [0.15, 0.2) is 0 Å². The Morgan fingerprint density at radius 2 is 1.47 bits per heavy atom. The molecule has 0 aromatic rings. The first-order chi connectivity index (χ1) is 7.06. The van der Waals surface area contributed by atoms with Crippen LogP contribution in [0.3, 0.4) is 0 Å². The molecule has 3 nitrogen and oxygen atoms in total. The van der Waals surface area contributed by atoms with Crippen molar-refractivity contribution in [1.82, 2.24) is 0 Å². The van der Waals surface area contributed by atoms with E-state index in [2.05, 4.69) is 6.92 Å². The predicted molar refractivity (Wildman–Crippen MR) is 63.7 cm³/mol. The molecular formula is C11H25AlO3. The molecule has 0 heterocycles. The van der Waals surface area contributed by atoms with E-state index in [1.807, 2.05) is 27.7 Å². The van der Waals surface area contributed by atoms with Crippen LogP contribution in [0.2, 0.25) is 0 Å². The van der Waals surface area contributed by atoms with Crippen molar-refractivity contribution in [1.29, 1.82) is 0 Å². The fourth-order valence-corrected chi connectivity index (χ4v) is 2.56. The second kappa shape index (κ2) is 9.63. The van der Waals surface area contributed by atoms with Gasteiger partial charge in [-0.1, -0.05) is 19.8 Å². The summed E-state index contributed by atoms with van der Waals surface area (Å²) < 4.78 is 16.9. The van der Waals surface area contributed by atoms with Crippen LogP contribution in [-0.2, 0) is 11.4 Å². The van der Waals surface area contributed by atoms with Crippen LogP contribution >= 0.6 is 0 Å². The molecule has 0 saturated heterocycles. The van der Waals surface area contributed by atoms with Crippen molar-refractivity contribution < 1.29 is 11.4 Å². The number of unbranched alkanes of at least 4 members (excludes halogenated alkanes) is 2. The van der Waals surface area contributed by atoms with Gasteiger partial charge in [0.2, 0.25) is 0 Å². The summed E-state index contributed by atoms with van der Waals surface area (Å²) in [6.07, 6.45) is 3.90. The summed E-state index contributed by atoms with van der Waals surface area (Å²) in [6.45, 7) is 11.0. The molecule has 0 radical (unpaired) electrons. The zero-order valence-electron chi connectivity index (χ0n) is 10.8. The van der Waals surface area contributed by atoms with Crippen molar-refractivity contribution in [3.8, 4) is 0 Å². The molecule has 0 unspecified atom stereocenters. The minimum Gasteiger partial charge on any atom is -0.454 e. The molecule has 0 atom stereocenters. The summed E-state index contributed by atoms with van der Waals surface area (Å²) in [6, 6.07) is 0. The third kappa shape index (κ3) is 10.7. The highest BCUT2D eigenvalue weighted by Crippen LogP contribution is 2.03. The smallest absolute Gasteiger partial charge is 0.454 e. The summed E-state index contributed by atoms with van der Waals surface area (Å²) in [7, 11) is 0. The third-order valence-electron chi connectivity index (χ3n) is 1.77. The fraction of sp³-hybridized carbons (Fsp3) is 1.00. The van der Waals surface area contributed by atoms with E-state index in [0.717, 1.165) is 13.0 Å². The van der Waals surface area contributed by atoms with E-state index >= 15 is 0 Å². The van der Waals surface area contributed by atoms with Gasteiger partial charge in [0.25, 0.3) is 0 Å². The summed E-state index contributed by atoms with van der Waals surface area (Å²) >= 11 is -1.89. The van der Waals surface area contributed by atoms with Gasteiger partial charge in [0.05, 0.1) is 0 Å². The van der Waals surface area contributed by atoms with Crippen molar-refractivity contribution >= 4 is 15.1 Å². The second-order valence-corrected chi connectivity index (χ2v) is 5.69. The molecule has 0 rings (SSSR count). The van der Waals surface area contributed by atoms with E-state index in [1.54, 1.807) is 0 Å². The van der Waals surface area contributed by atoms with E-state index in [9.17, 15) is 0 Å². The molecule has 90 valence electrons. The molecule has 0 aliphatic heterocycles. The van der Waals surface area contributed by atoms with E-state index in [4.69, 9.17) is 11.4 Å². The van der Waals surface area contributed by atoms with Gasteiger partial charge in [-0.3, -0.25) is 0 Å². The van der Waals surface area contributed by atoms with Crippen molar-refractivity contribution in [2.75, 3.05) is 6.61 Å². The molecule has 0 bridgehead atoms. The monoisotopic (exact) mass is 232 g/mol. The molecule has 4 heteroatoms. The zero-order chi connectivity index (χ0) is 11.7. The number of hydrogen-bond acceptors (Lipinski definition) is 3. The van der Waals surface area contributed by atoms with Gasteiger partial charge in [-0.05, 0) is 34.1 Å². The van der Waals surface area contributed by atoms with Crippen LogP contribution < -0.4 is 0 Å². The maximum absolute atomic E-state index is 5.66. The van der Waals surface area contributed by atoms with Crippen molar-refractivity contribution in [3.63, 3.8) is 0 Å². The van der Waals surface area contributed by atoms with Crippen LogP contribution in [0.1, 0.15) is 53.9 Å². The maximum Gasteiger partial charge on any atom is 0.905 e. The Bertz CT molecular complexity index is 130. The quantitative estimate of drug-likeness (QED) is 0.452. The minimum atomic E-state index is -1.89. The first kappa shape index (κ1) is 15.4. The Balaban J connectivity index is 3.69. The highest BCUT2D eigenvalue weighted by molar-refractivity contribution is 6.36. The SMILES string of the molecule is CCCCC[O][Al]([O]C(C)C)[O]C(C)C. The molecule has 0 amide bonds. The average Bonchev–Trinajstić information content (AvgIpc) is 2.10. The molecule has 0 saturated carbocycles. The van der Waals surface area contributed by atoms with Crippen LogP contribution in [0.4, 0.5) is 0 Å². The molecule has 0 N–H and O–H groups in total. The molecule has 0 spiro atoms. The lowest BCUT2D eigenvalue weighted by Crippen LogP contribution is -2.33. The van der Waals surface area contributed by atoms with Crippen molar-refractivity contribution in [3.05, 3.63) is 0 Å². The van der Waals surface area contributed by atoms with Crippen molar-refractivity contribution in [2.24, 2.45) is 0 Å². The van der Waals surface area contributed by atoms with E-state index < -0.39 is 15.1 Å². The van der Waals surface area contributed by atoms with Gasteiger partial charge in [-0.2, -0.15) is 0 Å². The summed E-state index contributed by atoms with van der Waals surface area (Å²) in [5.74, 6) is 0. The van der Waals surface area contributed by atoms with Crippen LogP contribution in [-0.4, -0.2) is 34.0 Å². The molecule has 0 aliphatic carbocycles. The van der Waals surface area contributed by atoms with E-state index in [1.165, 1.54) is 12.8 Å². The van der Waals surface area contributed by atoms with Crippen LogP contribution in [0, 0.1) is 0 Å². The Kier molecular flexibility index (Phi) is 9.89. The van der Waals surface area contributed by atoms with E-state index in [0.29, 0.717) is 0 Å². The third-order valence-corrected chi connectivity index (χ3v) is 3.81. The number of rotatable bonds is 9. The van der Waals surface area contributed by atoms with E-state index in [-0.39, 0.29) is 12.2 Å². The molecule has 0 fully saturated rings. The van der Waals surface area contributed by atoms with Gasteiger partial charge in [-0.25, -0.2) is 0 Å². The first-order valence-corrected chi connectivity index (χ1v) is 7.40. The van der Waals surface area contributed by atoms with Gasteiger partial charge < -0.3 is 11.4 Å². The van der Waals surface area contributed by atoms with Crippen molar-refractivity contribution in [2.45, 2.75) is 66.1 Å². The molecular weight excluding hydrogens is 207 g/mol. The second-order valence-electron chi connectivity index (χ2n) is 4.24. The molecule has 15 heavy (non-hydrogen) atoms. The Morgan fingerprint density at radius 1 is 0.933 bits per heavy atom. The van der Waals surface area contributed by atoms with Gasteiger partial charge in [0, 0.05) is 18.8 Å².